The van der Waals surface area contributed by atoms with Crippen molar-refractivity contribution >= 4 is 16.7 Å². The maximum atomic E-state index is 5.38. The Morgan fingerprint density at radius 1 is 1.53 bits per heavy atom. The predicted molar refractivity (Wildman–Crippen MR) is 58.1 cm³/mol. The van der Waals surface area contributed by atoms with Crippen molar-refractivity contribution in [3.05, 3.63) is 18.2 Å². The van der Waals surface area contributed by atoms with Crippen molar-refractivity contribution in [1.29, 1.82) is 0 Å². The lowest BCUT2D eigenvalue weighted by atomic mass is 10.2. The van der Waals surface area contributed by atoms with Crippen LogP contribution in [0.1, 0.15) is 0 Å². The topological polar surface area (TPSA) is 73.3 Å². The third kappa shape index (κ3) is 1.73. The largest absolute Gasteiger partial charge is 0.474 e. The zero-order chi connectivity index (χ0) is 10.7. The van der Waals surface area contributed by atoms with Crippen molar-refractivity contribution in [1.82, 2.24) is 5.16 Å². The molecular formula is C10H13N3O2. The number of benzene rings is 1. The molecule has 0 saturated carbocycles. The Kier molecular flexibility index (Phi) is 2.73. The van der Waals surface area contributed by atoms with Crippen LogP contribution >= 0.6 is 0 Å². The predicted octanol–water partition coefficient (Wildman–Crippen LogP) is 1.21. The van der Waals surface area contributed by atoms with Crippen LogP contribution in [0.5, 0.6) is 5.88 Å². The van der Waals surface area contributed by atoms with Crippen molar-refractivity contribution in [2.24, 2.45) is 5.73 Å². The molecule has 2 aromatic rings. The van der Waals surface area contributed by atoms with E-state index in [0.717, 1.165) is 11.1 Å². The first-order valence-electron chi connectivity index (χ1n) is 4.76. The van der Waals surface area contributed by atoms with Gasteiger partial charge in [0.15, 0.2) is 5.58 Å². The van der Waals surface area contributed by atoms with E-state index in [-0.39, 0.29) is 0 Å². The van der Waals surface area contributed by atoms with Gasteiger partial charge in [-0.2, -0.15) is 0 Å². The summed E-state index contributed by atoms with van der Waals surface area (Å²) in [6, 6.07) is 5.68. The lowest BCUT2D eigenvalue weighted by Crippen LogP contribution is -2.10. The molecule has 80 valence electrons. The van der Waals surface area contributed by atoms with E-state index in [1.165, 1.54) is 0 Å². The standard InChI is InChI=1S/C10H13N3O2/c1-12-7-3-2-4-8-9(7)10(13-15-8)14-6-5-11/h2-4,12H,5-6,11H2,1H3. The van der Waals surface area contributed by atoms with Gasteiger partial charge in [-0.05, 0) is 17.3 Å². The SMILES string of the molecule is CNc1cccc2onc(OCCN)c12. The molecule has 3 N–H and O–H groups in total. The third-order valence-electron chi connectivity index (χ3n) is 2.09. The summed E-state index contributed by atoms with van der Waals surface area (Å²) in [4.78, 5) is 0. The zero-order valence-electron chi connectivity index (χ0n) is 8.49. The molecule has 2 rings (SSSR count). The maximum Gasteiger partial charge on any atom is 0.264 e. The summed E-state index contributed by atoms with van der Waals surface area (Å²) < 4.78 is 10.5. The fraction of sp³-hybridized carbons (Fsp3) is 0.300. The minimum atomic E-state index is 0.430. The molecule has 1 heterocycles. The van der Waals surface area contributed by atoms with Crippen LogP contribution in [0.3, 0.4) is 0 Å². The highest BCUT2D eigenvalue weighted by atomic mass is 16.5. The van der Waals surface area contributed by atoms with Crippen LogP contribution in [0.4, 0.5) is 5.69 Å². The molecule has 1 aromatic carbocycles. The second-order valence-corrected chi connectivity index (χ2v) is 3.05. The first-order chi connectivity index (χ1) is 7.36. The summed E-state index contributed by atoms with van der Waals surface area (Å²) >= 11 is 0. The van der Waals surface area contributed by atoms with Gasteiger partial charge < -0.3 is 20.3 Å². The molecule has 0 radical (unpaired) electrons. The highest BCUT2D eigenvalue weighted by Crippen LogP contribution is 2.31. The Morgan fingerprint density at radius 3 is 3.13 bits per heavy atom. The number of nitrogens with two attached hydrogens (primary N) is 1. The van der Waals surface area contributed by atoms with Gasteiger partial charge in [-0.15, -0.1) is 0 Å². The van der Waals surface area contributed by atoms with Crippen molar-refractivity contribution in [3.63, 3.8) is 0 Å². The molecule has 0 fully saturated rings. The number of nitrogens with zero attached hydrogens (tertiary/aromatic N) is 1. The van der Waals surface area contributed by atoms with Crippen LogP contribution < -0.4 is 15.8 Å². The van der Waals surface area contributed by atoms with E-state index in [9.17, 15) is 0 Å². The van der Waals surface area contributed by atoms with Crippen molar-refractivity contribution in [3.8, 4) is 5.88 Å². The highest BCUT2D eigenvalue weighted by Gasteiger charge is 2.12. The molecule has 5 heteroatoms. The molecule has 0 saturated heterocycles. The number of hydrogen-bond acceptors (Lipinski definition) is 5. The smallest absolute Gasteiger partial charge is 0.264 e. The lowest BCUT2D eigenvalue weighted by molar-refractivity contribution is 0.293. The molecule has 5 nitrogen and oxygen atoms in total. The van der Waals surface area contributed by atoms with Gasteiger partial charge in [0.25, 0.3) is 5.88 Å². The number of hydrogen-bond donors (Lipinski definition) is 2. The average Bonchev–Trinajstić information content (AvgIpc) is 2.69. The zero-order valence-corrected chi connectivity index (χ0v) is 8.49. The van der Waals surface area contributed by atoms with E-state index in [1.54, 1.807) is 0 Å². The number of anilines is 1. The molecule has 0 aliphatic heterocycles. The van der Waals surface area contributed by atoms with Gasteiger partial charge in [0, 0.05) is 13.6 Å². The van der Waals surface area contributed by atoms with Crippen molar-refractivity contribution in [2.45, 2.75) is 0 Å². The molecule has 15 heavy (non-hydrogen) atoms. The normalized spacial score (nSPS) is 10.5. The van der Waals surface area contributed by atoms with E-state index in [2.05, 4.69) is 10.5 Å². The minimum Gasteiger partial charge on any atom is -0.474 e. The summed E-state index contributed by atoms with van der Waals surface area (Å²) in [7, 11) is 1.84. The van der Waals surface area contributed by atoms with Gasteiger partial charge in [0.05, 0.1) is 5.69 Å². The van der Waals surface area contributed by atoms with E-state index in [1.807, 2.05) is 25.2 Å². The Hall–Kier alpha value is -1.75. The van der Waals surface area contributed by atoms with Crippen LogP contribution in [-0.2, 0) is 0 Å². The first kappa shape index (κ1) is 9.79. The molecule has 0 aliphatic rings. The lowest BCUT2D eigenvalue weighted by Gasteiger charge is -2.03. The van der Waals surface area contributed by atoms with Gasteiger partial charge in [-0.25, -0.2) is 0 Å². The molecule has 1 aromatic heterocycles. The fourth-order valence-corrected chi connectivity index (χ4v) is 1.43. The third-order valence-corrected chi connectivity index (χ3v) is 2.09. The number of rotatable bonds is 4. The molecule has 0 bridgehead atoms. The second-order valence-electron chi connectivity index (χ2n) is 3.05. The monoisotopic (exact) mass is 207 g/mol. The second kappa shape index (κ2) is 4.18. The molecule has 0 unspecified atom stereocenters. The molecule has 0 spiro atoms. The number of ether oxygens (including phenoxy) is 1. The van der Waals surface area contributed by atoms with Crippen LogP contribution in [0.2, 0.25) is 0 Å². The van der Waals surface area contributed by atoms with Crippen molar-refractivity contribution in [2.75, 3.05) is 25.5 Å². The van der Waals surface area contributed by atoms with Gasteiger partial charge in [-0.1, -0.05) is 6.07 Å². The first-order valence-corrected chi connectivity index (χ1v) is 4.76. The van der Waals surface area contributed by atoms with Crippen LogP contribution in [0.15, 0.2) is 22.7 Å². The molecule has 0 atom stereocenters. The van der Waals surface area contributed by atoms with E-state index < -0.39 is 0 Å². The summed E-state index contributed by atoms with van der Waals surface area (Å²) in [6.07, 6.45) is 0. The number of aromatic nitrogens is 1. The number of nitrogens with one attached hydrogen (secondary N) is 1. The Bertz CT molecular complexity index is 453. The van der Waals surface area contributed by atoms with E-state index in [0.29, 0.717) is 24.6 Å². The van der Waals surface area contributed by atoms with Crippen LogP contribution in [0, 0.1) is 0 Å². The Labute approximate surface area is 87.2 Å². The van der Waals surface area contributed by atoms with Gasteiger partial charge in [0.1, 0.15) is 12.0 Å². The van der Waals surface area contributed by atoms with Gasteiger partial charge in [0.2, 0.25) is 0 Å². The Balaban J connectivity index is 2.46. The fourth-order valence-electron chi connectivity index (χ4n) is 1.43. The van der Waals surface area contributed by atoms with Crippen LogP contribution in [0.25, 0.3) is 11.0 Å². The van der Waals surface area contributed by atoms with Gasteiger partial charge >= 0.3 is 0 Å². The Morgan fingerprint density at radius 2 is 2.40 bits per heavy atom. The highest BCUT2D eigenvalue weighted by molar-refractivity contribution is 5.94. The molecular weight excluding hydrogens is 194 g/mol. The molecule has 0 amide bonds. The average molecular weight is 207 g/mol. The quantitative estimate of drug-likeness (QED) is 0.788. The van der Waals surface area contributed by atoms with Gasteiger partial charge in [-0.3, -0.25) is 0 Å². The minimum absolute atomic E-state index is 0.430. The van der Waals surface area contributed by atoms with E-state index in [4.69, 9.17) is 15.0 Å². The molecule has 0 aliphatic carbocycles. The van der Waals surface area contributed by atoms with Crippen LogP contribution in [-0.4, -0.2) is 25.4 Å². The number of fused-ring (bicyclic) bond motifs is 1. The van der Waals surface area contributed by atoms with E-state index >= 15 is 0 Å². The maximum absolute atomic E-state index is 5.38. The summed E-state index contributed by atoms with van der Waals surface area (Å²) in [5, 5.41) is 7.77. The van der Waals surface area contributed by atoms with Crippen molar-refractivity contribution < 1.29 is 9.26 Å². The summed E-state index contributed by atoms with van der Waals surface area (Å²) in [6.45, 7) is 0.885. The summed E-state index contributed by atoms with van der Waals surface area (Å²) in [5.41, 5.74) is 6.99. The summed E-state index contributed by atoms with van der Waals surface area (Å²) in [5.74, 6) is 0.486.